The number of hydrogen-bond acceptors (Lipinski definition) is 6. The van der Waals surface area contributed by atoms with Crippen molar-refractivity contribution in [1.29, 1.82) is 5.26 Å². The van der Waals surface area contributed by atoms with Crippen LogP contribution in [0.1, 0.15) is 12.0 Å². The van der Waals surface area contributed by atoms with Crippen molar-refractivity contribution in [3.8, 4) is 6.07 Å². The zero-order chi connectivity index (χ0) is 10.7. The normalized spacial score (nSPS) is 20.1. The molecule has 1 aliphatic rings. The van der Waals surface area contributed by atoms with Crippen molar-refractivity contribution in [3.63, 3.8) is 0 Å². The van der Waals surface area contributed by atoms with E-state index in [0.29, 0.717) is 17.3 Å². The number of hydrogen-bond donors (Lipinski definition) is 2. The van der Waals surface area contributed by atoms with E-state index in [4.69, 9.17) is 15.7 Å². The minimum Gasteiger partial charge on any atom is -0.382 e. The molecule has 0 aliphatic carbocycles. The highest BCUT2D eigenvalue weighted by Gasteiger charge is 2.17. The van der Waals surface area contributed by atoms with Crippen LogP contribution in [0.15, 0.2) is 0 Å². The molecule has 3 N–H and O–H groups in total. The summed E-state index contributed by atoms with van der Waals surface area (Å²) in [4.78, 5) is 0. The van der Waals surface area contributed by atoms with Gasteiger partial charge in [-0.2, -0.15) is 9.64 Å². The Balaban J connectivity index is 1.95. The summed E-state index contributed by atoms with van der Waals surface area (Å²) in [6.07, 6.45) is 1.07. The maximum atomic E-state index is 8.85. The summed E-state index contributed by atoms with van der Waals surface area (Å²) in [6.45, 7) is 2.45. The quantitative estimate of drug-likeness (QED) is 0.801. The van der Waals surface area contributed by atoms with E-state index in [2.05, 4.69) is 9.69 Å². The van der Waals surface area contributed by atoms with Crippen LogP contribution in [0.4, 0.5) is 10.8 Å². The first-order chi connectivity index (χ1) is 7.31. The van der Waals surface area contributed by atoms with Crippen LogP contribution in [0, 0.1) is 17.2 Å². The van der Waals surface area contributed by atoms with E-state index in [0.717, 1.165) is 31.2 Å². The van der Waals surface area contributed by atoms with Gasteiger partial charge in [0.25, 0.3) is 0 Å². The van der Waals surface area contributed by atoms with Crippen LogP contribution in [-0.2, 0) is 4.74 Å². The Morgan fingerprint density at radius 1 is 1.73 bits per heavy atom. The number of anilines is 2. The lowest BCUT2D eigenvalue weighted by molar-refractivity contribution is 0.187. The van der Waals surface area contributed by atoms with Gasteiger partial charge in [-0.25, -0.2) is 0 Å². The third-order valence-corrected chi connectivity index (χ3v) is 3.22. The lowest BCUT2D eigenvalue weighted by Gasteiger charge is -2.08. The fraction of sp³-hybridized carbons (Fsp3) is 0.556. The summed E-state index contributed by atoms with van der Waals surface area (Å²) < 4.78 is 9.20. The molecule has 0 bridgehead atoms. The highest BCUT2D eigenvalue weighted by Crippen LogP contribution is 2.26. The molecule has 0 aromatic carbocycles. The smallest absolute Gasteiger partial charge is 0.157 e. The first-order valence-electron chi connectivity index (χ1n) is 4.78. The van der Waals surface area contributed by atoms with E-state index < -0.39 is 0 Å². The Kier molecular flexibility index (Phi) is 3.04. The van der Waals surface area contributed by atoms with Crippen molar-refractivity contribution in [1.82, 2.24) is 4.37 Å². The predicted octanol–water partition coefficient (Wildman–Crippen LogP) is 1.05. The molecule has 80 valence electrons. The molecule has 1 aromatic rings. The van der Waals surface area contributed by atoms with Crippen molar-refractivity contribution in [2.24, 2.45) is 5.92 Å². The van der Waals surface area contributed by atoms with E-state index in [1.807, 2.05) is 6.07 Å². The summed E-state index contributed by atoms with van der Waals surface area (Å²) in [6, 6.07) is 2.05. The van der Waals surface area contributed by atoms with Gasteiger partial charge < -0.3 is 15.8 Å². The minimum atomic E-state index is 0.313. The van der Waals surface area contributed by atoms with E-state index >= 15 is 0 Å². The number of nitriles is 1. The molecule has 1 fully saturated rings. The number of rotatable bonds is 3. The van der Waals surface area contributed by atoms with Crippen molar-refractivity contribution < 1.29 is 4.74 Å². The Morgan fingerprint density at radius 3 is 3.27 bits per heavy atom. The van der Waals surface area contributed by atoms with Crippen LogP contribution in [-0.4, -0.2) is 24.1 Å². The molecule has 1 aliphatic heterocycles. The lowest BCUT2D eigenvalue weighted by Crippen LogP contribution is -2.13. The topological polar surface area (TPSA) is 84.0 Å². The van der Waals surface area contributed by atoms with Crippen LogP contribution >= 0.6 is 11.5 Å². The van der Waals surface area contributed by atoms with Gasteiger partial charge in [0.1, 0.15) is 16.6 Å². The monoisotopic (exact) mass is 224 g/mol. The first-order valence-corrected chi connectivity index (χ1v) is 5.55. The summed E-state index contributed by atoms with van der Waals surface area (Å²) >= 11 is 1.23. The molecular weight excluding hydrogens is 212 g/mol. The first kappa shape index (κ1) is 10.2. The molecule has 0 saturated carbocycles. The summed E-state index contributed by atoms with van der Waals surface area (Å²) in [7, 11) is 0. The maximum absolute atomic E-state index is 8.85. The van der Waals surface area contributed by atoms with Crippen LogP contribution in [0.3, 0.4) is 0 Å². The second kappa shape index (κ2) is 4.47. The highest BCUT2D eigenvalue weighted by atomic mass is 32.1. The number of nitrogen functional groups attached to an aromatic ring is 1. The van der Waals surface area contributed by atoms with Crippen molar-refractivity contribution in [2.75, 3.05) is 30.8 Å². The number of ether oxygens (including phenoxy) is 1. The summed E-state index contributed by atoms with van der Waals surface area (Å²) in [5, 5.41) is 12.8. The average Bonchev–Trinajstić information content (AvgIpc) is 2.84. The second-order valence-electron chi connectivity index (χ2n) is 3.49. The van der Waals surface area contributed by atoms with Gasteiger partial charge in [-0.15, -0.1) is 0 Å². The lowest BCUT2D eigenvalue weighted by atomic mass is 10.1. The third kappa shape index (κ3) is 2.19. The van der Waals surface area contributed by atoms with Gasteiger partial charge in [0, 0.05) is 19.1 Å². The molecule has 0 spiro atoms. The predicted molar refractivity (Wildman–Crippen MR) is 58.7 cm³/mol. The van der Waals surface area contributed by atoms with Crippen LogP contribution in [0.2, 0.25) is 0 Å². The zero-order valence-corrected chi connectivity index (χ0v) is 9.01. The van der Waals surface area contributed by atoms with Gasteiger partial charge in [-0.1, -0.05) is 0 Å². The molecule has 1 saturated heterocycles. The third-order valence-electron chi connectivity index (χ3n) is 2.41. The van der Waals surface area contributed by atoms with Gasteiger partial charge in [-0.3, -0.25) is 0 Å². The molecule has 5 nitrogen and oxygen atoms in total. The number of aromatic nitrogens is 1. The van der Waals surface area contributed by atoms with Gasteiger partial charge in [-0.05, 0) is 18.0 Å². The number of nitrogens with two attached hydrogens (primary N) is 1. The molecule has 15 heavy (non-hydrogen) atoms. The summed E-state index contributed by atoms with van der Waals surface area (Å²) in [5.41, 5.74) is 6.01. The largest absolute Gasteiger partial charge is 0.382 e. The van der Waals surface area contributed by atoms with Crippen LogP contribution in [0.5, 0.6) is 0 Å². The van der Waals surface area contributed by atoms with E-state index in [1.54, 1.807) is 0 Å². The average molecular weight is 224 g/mol. The van der Waals surface area contributed by atoms with Gasteiger partial charge >= 0.3 is 0 Å². The SMILES string of the molecule is N#Cc1c(N)nsc1NCC1CCOC1. The van der Waals surface area contributed by atoms with Crippen LogP contribution < -0.4 is 11.1 Å². The fourth-order valence-corrected chi connectivity index (χ4v) is 2.18. The standard InChI is InChI=1S/C9H12N4OS/c10-3-7-8(11)13-15-9(7)12-4-6-1-2-14-5-6/h6,12H,1-2,4-5H2,(H2,11,13). The molecule has 2 rings (SSSR count). The molecular formula is C9H12N4OS. The molecule has 1 unspecified atom stereocenters. The Hall–Kier alpha value is -1.32. The van der Waals surface area contributed by atoms with E-state index in [9.17, 15) is 0 Å². The molecule has 1 aromatic heterocycles. The number of nitrogens with one attached hydrogen (secondary N) is 1. The number of nitrogens with zero attached hydrogens (tertiary/aromatic N) is 2. The molecule has 6 heteroatoms. The Labute approximate surface area is 92.0 Å². The zero-order valence-electron chi connectivity index (χ0n) is 8.19. The molecule has 1 atom stereocenters. The van der Waals surface area contributed by atoms with Gasteiger partial charge in [0.2, 0.25) is 0 Å². The Morgan fingerprint density at radius 2 is 2.60 bits per heavy atom. The van der Waals surface area contributed by atoms with Crippen molar-refractivity contribution in [2.45, 2.75) is 6.42 Å². The van der Waals surface area contributed by atoms with E-state index in [-0.39, 0.29) is 0 Å². The second-order valence-corrected chi connectivity index (χ2v) is 4.27. The summed E-state index contributed by atoms with van der Waals surface area (Å²) in [5.74, 6) is 0.840. The highest BCUT2D eigenvalue weighted by molar-refractivity contribution is 7.10. The molecule has 0 radical (unpaired) electrons. The molecule has 2 heterocycles. The van der Waals surface area contributed by atoms with Crippen molar-refractivity contribution >= 4 is 22.4 Å². The minimum absolute atomic E-state index is 0.313. The van der Waals surface area contributed by atoms with Gasteiger partial charge in [0.15, 0.2) is 5.82 Å². The fourth-order valence-electron chi connectivity index (χ4n) is 1.51. The van der Waals surface area contributed by atoms with Crippen LogP contribution in [0.25, 0.3) is 0 Å². The molecule has 0 amide bonds. The van der Waals surface area contributed by atoms with Crippen molar-refractivity contribution in [3.05, 3.63) is 5.56 Å². The Bertz CT molecular complexity index is 378. The van der Waals surface area contributed by atoms with E-state index in [1.165, 1.54) is 11.5 Å². The maximum Gasteiger partial charge on any atom is 0.157 e. The van der Waals surface area contributed by atoms with Gasteiger partial charge in [0.05, 0.1) is 6.61 Å².